The van der Waals surface area contributed by atoms with E-state index in [9.17, 15) is 13.2 Å². The van der Waals surface area contributed by atoms with Gasteiger partial charge in [0.05, 0.1) is 11.9 Å². The lowest BCUT2D eigenvalue weighted by Gasteiger charge is -2.29. The van der Waals surface area contributed by atoms with Gasteiger partial charge in [-0.2, -0.15) is 0 Å². The lowest BCUT2D eigenvalue weighted by Crippen LogP contribution is -2.43. The molecule has 164 valence electrons. The van der Waals surface area contributed by atoms with Crippen molar-refractivity contribution in [3.05, 3.63) is 60.2 Å². The summed E-state index contributed by atoms with van der Waals surface area (Å²) in [6, 6.07) is 16.8. The maximum atomic E-state index is 12.6. The molecule has 0 radical (unpaired) electrons. The minimum absolute atomic E-state index is 0.0236. The van der Waals surface area contributed by atoms with E-state index in [-0.39, 0.29) is 17.4 Å². The first-order valence-electron chi connectivity index (χ1n) is 9.96. The second-order valence-electron chi connectivity index (χ2n) is 8.35. The maximum absolute atomic E-state index is 12.6. The zero-order valence-electron chi connectivity index (χ0n) is 18.5. The van der Waals surface area contributed by atoms with Crippen molar-refractivity contribution in [1.29, 1.82) is 0 Å². The number of sulfonamides is 1. The van der Waals surface area contributed by atoms with E-state index >= 15 is 0 Å². The Kier molecular flexibility index (Phi) is 7.53. The third-order valence-electron chi connectivity index (χ3n) is 5.14. The molecule has 6 nitrogen and oxygen atoms in total. The number of nitrogens with one attached hydrogen (secondary N) is 1. The van der Waals surface area contributed by atoms with Crippen molar-refractivity contribution in [1.82, 2.24) is 5.32 Å². The van der Waals surface area contributed by atoms with Crippen LogP contribution >= 0.6 is 0 Å². The van der Waals surface area contributed by atoms with Crippen LogP contribution in [0, 0.1) is 0 Å². The van der Waals surface area contributed by atoms with E-state index in [2.05, 4.69) is 31.3 Å². The largest absolute Gasteiger partial charge is 0.481 e. The van der Waals surface area contributed by atoms with Gasteiger partial charge in [0.2, 0.25) is 10.0 Å². The molecule has 0 unspecified atom stereocenters. The molecule has 0 aromatic heterocycles. The second-order valence-corrected chi connectivity index (χ2v) is 10.4. The van der Waals surface area contributed by atoms with Gasteiger partial charge in [-0.3, -0.25) is 9.10 Å². The average molecular weight is 433 g/mol. The van der Waals surface area contributed by atoms with Gasteiger partial charge in [0, 0.05) is 13.1 Å². The molecule has 0 aliphatic rings. The van der Waals surface area contributed by atoms with Gasteiger partial charge < -0.3 is 10.1 Å². The predicted octanol–water partition coefficient (Wildman–Crippen LogP) is 3.72. The second kappa shape index (κ2) is 9.51. The molecule has 2 aromatic carbocycles. The third kappa shape index (κ3) is 6.49. The Morgan fingerprint density at radius 1 is 1.07 bits per heavy atom. The first-order valence-corrected chi connectivity index (χ1v) is 11.8. The summed E-state index contributed by atoms with van der Waals surface area (Å²) in [6.07, 6.45) is 1.26. The number of rotatable bonds is 9. The quantitative estimate of drug-likeness (QED) is 0.655. The normalized spacial score (nSPS) is 13.9. The smallest absolute Gasteiger partial charge is 0.260 e. The number of nitrogens with zero attached hydrogens (tertiary/aromatic N) is 1. The van der Waals surface area contributed by atoms with Crippen molar-refractivity contribution in [3.63, 3.8) is 0 Å². The minimum atomic E-state index is -3.33. The molecule has 0 saturated heterocycles. The number of carbonyl (C=O) groups is 1. The highest BCUT2D eigenvalue weighted by atomic mass is 32.2. The number of anilines is 1. The van der Waals surface area contributed by atoms with E-state index in [0.717, 1.165) is 12.7 Å². The highest BCUT2D eigenvalue weighted by Gasteiger charge is 2.25. The van der Waals surface area contributed by atoms with Crippen LogP contribution in [-0.4, -0.2) is 39.8 Å². The van der Waals surface area contributed by atoms with Crippen molar-refractivity contribution in [3.8, 4) is 5.75 Å². The predicted molar refractivity (Wildman–Crippen MR) is 121 cm³/mol. The highest BCUT2D eigenvalue weighted by Crippen LogP contribution is 2.28. The summed E-state index contributed by atoms with van der Waals surface area (Å²) in [6.45, 7) is 8.02. The van der Waals surface area contributed by atoms with Crippen LogP contribution < -0.4 is 14.4 Å². The number of amides is 1. The van der Waals surface area contributed by atoms with Crippen LogP contribution in [0.15, 0.2) is 54.6 Å². The van der Waals surface area contributed by atoms with Crippen LogP contribution in [-0.2, 0) is 20.2 Å². The van der Waals surface area contributed by atoms with E-state index in [0.29, 0.717) is 11.4 Å². The van der Waals surface area contributed by atoms with Crippen LogP contribution in [0.3, 0.4) is 0 Å². The Bertz CT molecular complexity index is 941. The summed E-state index contributed by atoms with van der Waals surface area (Å²) >= 11 is 0. The number of hydrogen-bond donors (Lipinski definition) is 1. The Labute approximate surface area is 180 Å². The van der Waals surface area contributed by atoms with Crippen molar-refractivity contribution in [2.45, 2.75) is 51.7 Å². The van der Waals surface area contributed by atoms with Gasteiger partial charge in [-0.05, 0) is 55.5 Å². The molecule has 2 atom stereocenters. The molecule has 2 aromatic rings. The van der Waals surface area contributed by atoms with Crippen LogP contribution in [0.5, 0.6) is 5.75 Å². The molecular weight excluding hydrogens is 400 g/mol. The van der Waals surface area contributed by atoms with Gasteiger partial charge in [-0.25, -0.2) is 8.42 Å². The number of ether oxygens (including phenoxy) is 1. The van der Waals surface area contributed by atoms with E-state index < -0.39 is 16.1 Å². The Morgan fingerprint density at radius 3 is 2.17 bits per heavy atom. The standard InChI is InChI=1S/C23H32N2O4S/c1-17(16-23(3,4)19-10-8-7-9-11-19)24-22(26)18(2)29-21-14-12-20(13-15-21)25(5)30(6,27)28/h7-15,17-18H,16H2,1-6H3,(H,24,26)/t17-,18+/m1/s1. The van der Waals surface area contributed by atoms with Crippen LogP contribution in [0.1, 0.15) is 39.7 Å². The number of benzene rings is 2. The SMILES string of the molecule is C[C@H](CC(C)(C)c1ccccc1)NC(=O)[C@H](C)Oc1ccc(N(C)S(C)(=O)=O)cc1. The van der Waals surface area contributed by atoms with Gasteiger partial charge in [-0.1, -0.05) is 44.2 Å². The third-order valence-corrected chi connectivity index (χ3v) is 6.35. The van der Waals surface area contributed by atoms with Gasteiger partial charge in [0.15, 0.2) is 6.10 Å². The molecule has 0 bridgehead atoms. The molecule has 0 saturated carbocycles. The summed E-state index contributed by atoms with van der Waals surface area (Å²) in [5.74, 6) is 0.310. The topological polar surface area (TPSA) is 75.7 Å². The van der Waals surface area contributed by atoms with Crippen LogP contribution in [0.25, 0.3) is 0 Å². The Morgan fingerprint density at radius 2 is 1.63 bits per heavy atom. The lowest BCUT2D eigenvalue weighted by molar-refractivity contribution is -0.128. The number of carbonyl (C=O) groups excluding carboxylic acids is 1. The zero-order chi connectivity index (χ0) is 22.5. The van der Waals surface area contributed by atoms with Gasteiger partial charge in [-0.15, -0.1) is 0 Å². The van der Waals surface area contributed by atoms with Gasteiger partial charge >= 0.3 is 0 Å². The molecule has 1 amide bonds. The summed E-state index contributed by atoms with van der Waals surface area (Å²) in [4.78, 5) is 12.6. The molecular formula is C23H32N2O4S. The fraction of sp³-hybridized carbons (Fsp3) is 0.435. The van der Waals surface area contributed by atoms with Crippen molar-refractivity contribution in [2.75, 3.05) is 17.6 Å². The molecule has 0 spiro atoms. The van der Waals surface area contributed by atoms with Crippen molar-refractivity contribution >= 4 is 21.6 Å². The molecule has 0 heterocycles. The average Bonchev–Trinajstić information content (AvgIpc) is 2.67. The number of hydrogen-bond acceptors (Lipinski definition) is 4. The molecule has 1 N–H and O–H groups in total. The van der Waals surface area contributed by atoms with Crippen molar-refractivity contribution in [2.24, 2.45) is 0 Å². The molecule has 30 heavy (non-hydrogen) atoms. The van der Waals surface area contributed by atoms with E-state index in [1.54, 1.807) is 31.2 Å². The summed E-state index contributed by atoms with van der Waals surface area (Å²) in [5.41, 5.74) is 1.69. The van der Waals surface area contributed by atoms with Crippen LogP contribution in [0.4, 0.5) is 5.69 Å². The van der Waals surface area contributed by atoms with Gasteiger partial charge in [0.1, 0.15) is 5.75 Å². The summed E-state index contributed by atoms with van der Waals surface area (Å²) in [7, 11) is -1.84. The van der Waals surface area contributed by atoms with E-state index in [4.69, 9.17) is 4.74 Å². The first-order chi connectivity index (χ1) is 13.9. The van der Waals surface area contributed by atoms with Crippen LogP contribution in [0.2, 0.25) is 0 Å². The summed E-state index contributed by atoms with van der Waals surface area (Å²) in [5, 5.41) is 3.02. The van der Waals surface area contributed by atoms with E-state index in [1.807, 2.05) is 25.1 Å². The Hall–Kier alpha value is -2.54. The van der Waals surface area contributed by atoms with Crippen molar-refractivity contribution < 1.29 is 17.9 Å². The fourth-order valence-corrected chi connectivity index (χ4v) is 3.87. The molecule has 0 aliphatic heterocycles. The molecule has 0 aliphatic carbocycles. The Balaban J connectivity index is 1.93. The molecule has 7 heteroatoms. The minimum Gasteiger partial charge on any atom is -0.481 e. The first kappa shape index (κ1) is 23.7. The van der Waals surface area contributed by atoms with E-state index in [1.165, 1.54) is 16.9 Å². The molecule has 2 rings (SSSR count). The highest BCUT2D eigenvalue weighted by molar-refractivity contribution is 7.92. The molecule has 0 fully saturated rings. The lowest BCUT2D eigenvalue weighted by atomic mass is 9.79. The maximum Gasteiger partial charge on any atom is 0.260 e. The monoisotopic (exact) mass is 432 g/mol. The fourth-order valence-electron chi connectivity index (χ4n) is 3.37. The van der Waals surface area contributed by atoms with Gasteiger partial charge in [0.25, 0.3) is 5.91 Å². The zero-order valence-corrected chi connectivity index (χ0v) is 19.4. The summed E-state index contributed by atoms with van der Waals surface area (Å²) < 4.78 is 30.2.